The Bertz CT molecular complexity index is 928. The SMILES string of the molecule is COc1cc(/C=C/C(=O)O)cc(Oc2cc(/C=C/C(=O)O)ccc2O)c1O. The van der Waals surface area contributed by atoms with Crippen molar-refractivity contribution in [1.82, 2.24) is 0 Å². The predicted molar refractivity (Wildman–Crippen MR) is 96.2 cm³/mol. The summed E-state index contributed by atoms with van der Waals surface area (Å²) in [5.74, 6) is -2.97. The van der Waals surface area contributed by atoms with Crippen molar-refractivity contribution < 1.29 is 39.5 Å². The van der Waals surface area contributed by atoms with Crippen LogP contribution < -0.4 is 9.47 Å². The highest BCUT2D eigenvalue weighted by molar-refractivity contribution is 5.86. The van der Waals surface area contributed by atoms with E-state index in [1.807, 2.05) is 0 Å². The van der Waals surface area contributed by atoms with Crippen LogP contribution in [0.25, 0.3) is 12.2 Å². The molecule has 0 bridgehead atoms. The van der Waals surface area contributed by atoms with E-state index in [0.717, 1.165) is 12.2 Å². The highest BCUT2D eigenvalue weighted by Gasteiger charge is 2.14. The largest absolute Gasteiger partial charge is 0.504 e. The van der Waals surface area contributed by atoms with Gasteiger partial charge in [0.1, 0.15) is 0 Å². The number of carboxylic acids is 2. The van der Waals surface area contributed by atoms with Gasteiger partial charge in [0, 0.05) is 12.2 Å². The van der Waals surface area contributed by atoms with E-state index in [1.54, 1.807) is 0 Å². The molecule has 0 aliphatic heterocycles. The topological polar surface area (TPSA) is 134 Å². The second-order valence-corrected chi connectivity index (χ2v) is 5.24. The Morgan fingerprint density at radius 3 is 2.00 bits per heavy atom. The number of ether oxygens (including phenoxy) is 2. The number of rotatable bonds is 7. The molecule has 2 aromatic rings. The molecule has 0 saturated heterocycles. The second kappa shape index (κ2) is 8.43. The van der Waals surface area contributed by atoms with Crippen molar-refractivity contribution in [2.45, 2.75) is 0 Å². The molecular weight excluding hydrogens is 356 g/mol. The molecule has 0 saturated carbocycles. The van der Waals surface area contributed by atoms with Gasteiger partial charge < -0.3 is 29.9 Å². The molecule has 0 aliphatic carbocycles. The van der Waals surface area contributed by atoms with E-state index in [0.29, 0.717) is 11.1 Å². The summed E-state index contributed by atoms with van der Waals surface area (Å²) < 4.78 is 10.6. The first kappa shape index (κ1) is 19.4. The zero-order valence-electron chi connectivity index (χ0n) is 14.1. The summed E-state index contributed by atoms with van der Waals surface area (Å²) >= 11 is 0. The first-order valence-electron chi connectivity index (χ1n) is 7.54. The van der Waals surface area contributed by atoms with Gasteiger partial charge in [-0.2, -0.15) is 0 Å². The van der Waals surface area contributed by atoms with Gasteiger partial charge in [-0.25, -0.2) is 9.59 Å². The molecule has 0 unspecified atom stereocenters. The van der Waals surface area contributed by atoms with Gasteiger partial charge in [-0.1, -0.05) is 6.07 Å². The van der Waals surface area contributed by atoms with Crippen molar-refractivity contribution in [3.63, 3.8) is 0 Å². The zero-order valence-corrected chi connectivity index (χ0v) is 14.1. The van der Waals surface area contributed by atoms with E-state index in [1.165, 1.54) is 49.6 Å². The van der Waals surface area contributed by atoms with Crippen molar-refractivity contribution in [3.8, 4) is 28.7 Å². The number of methoxy groups -OCH3 is 1. The molecule has 8 nitrogen and oxygen atoms in total. The molecular formula is C19H16O8. The van der Waals surface area contributed by atoms with Crippen LogP contribution in [0, 0.1) is 0 Å². The molecule has 0 aromatic heterocycles. The van der Waals surface area contributed by atoms with Gasteiger partial charge >= 0.3 is 11.9 Å². The van der Waals surface area contributed by atoms with Crippen LogP contribution in [0.5, 0.6) is 28.7 Å². The lowest BCUT2D eigenvalue weighted by atomic mass is 10.1. The van der Waals surface area contributed by atoms with E-state index in [2.05, 4.69) is 0 Å². The first-order valence-corrected chi connectivity index (χ1v) is 7.54. The van der Waals surface area contributed by atoms with E-state index < -0.39 is 11.9 Å². The lowest BCUT2D eigenvalue weighted by molar-refractivity contribution is -0.132. The molecule has 4 N–H and O–H groups in total. The maximum absolute atomic E-state index is 10.7. The fraction of sp³-hybridized carbons (Fsp3) is 0.0526. The fourth-order valence-corrected chi connectivity index (χ4v) is 2.10. The summed E-state index contributed by atoms with van der Waals surface area (Å²) in [5.41, 5.74) is 0.821. The van der Waals surface area contributed by atoms with Crippen molar-refractivity contribution in [3.05, 3.63) is 53.6 Å². The van der Waals surface area contributed by atoms with Gasteiger partial charge in [-0.05, 0) is 47.5 Å². The van der Waals surface area contributed by atoms with Crippen LogP contribution in [0.4, 0.5) is 0 Å². The summed E-state index contributed by atoms with van der Waals surface area (Å²) in [6.07, 6.45) is 4.42. The average molecular weight is 372 g/mol. The molecule has 140 valence electrons. The average Bonchev–Trinajstić information content (AvgIpc) is 2.62. The Balaban J connectivity index is 2.43. The van der Waals surface area contributed by atoms with Crippen LogP contribution in [0.15, 0.2) is 42.5 Å². The molecule has 0 heterocycles. The molecule has 2 aromatic carbocycles. The number of hydrogen-bond donors (Lipinski definition) is 4. The molecule has 0 atom stereocenters. The predicted octanol–water partition coefficient (Wildman–Crippen LogP) is 3.09. The Labute approximate surface area is 153 Å². The number of carbonyl (C=O) groups is 2. The number of phenols is 2. The van der Waals surface area contributed by atoms with Gasteiger partial charge in [-0.3, -0.25) is 0 Å². The number of aliphatic carboxylic acids is 2. The number of phenolic OH excluding ortho intramolecular Hbond substituents is 2. The lowest BCUT2D eigenvalue weighted by Gasteiger charge is -2.13. The molecule has 0 aliphatic rings. The van der Waals surface area contributed by atoms with Crippen LogP contribution in [0.1, 0.15) is 11.1 Å². The molecule has 0 spiro atoms. The van der Waals surface area contributed by atoms with E-state index >= 15 is 0 Å². The minimum absolute atomic E-state index is 0.0407. The third kappa shape index (κ3) is 5.27. The summed E-state index contributed by atoms with van der Waals surface area (Å²) in [6.45, 7) is 0. The zero-order chi connectivity index (χ0) is 20.0. The van der Waals surface area contributed by atoms with E-state index in [9.17, 15) is 19.8 Å². The molecule has 27 heavy (non-hydrogen) atoms. The Morgan fingerprint density at radius 2 is 1.41 bits per heavy atom. The second-order valence-electron chi connectivity index (χ2n) is 5.24. The third-order valence-electron chi connectivity index (χ3n) is 3.32. The Hall–Kier alpha value is -3.94. The summed E-state index contributed by atoms with van der Waals surface area (Å²) in [5, 5.41) is 37.6. The maximum Gasteiger partial charge on any atom is 0.328 e. The molecule has 0 amide bonds. The molecule has 8 heteroatoms. The van der Waals surface area contributed by atoms with Crippen molar-refractivity contribution in [2.75, 3.05) is 7.11 Å². The van der Waals surface area contributed by atoms with Gasteiger partial charge in [0.25, 0.3) is 0 Å². The first-order chi connectivity index (χ1) is 12.8. The normalized spacial score (nSPS) is 11.0. The van der Waals surface area contributed by atoms with Crippen molar-refractivity contribution in [2.24, 2.45) is 0 Å². The molecule has 0 fully saturated rings. The van der Waals surface area contributed by atoms with E-state index in [4.69, 9.17) is 19.7 Å². The lowest BCUT2D eigenvalue weighted by Crippen LogP contribution is -1.92. The van der Waals surface area contributed by atoms with Crippen LogP contribution in [-0.2, 0) is 9.59 Å². The summed E-state index contributed by atoms with van der Waals surface area (Å²) in [4.78, 5) is 21.3. The number of aromatic hydroxyl groups is 2. The van der Waals surface area contributed by atoms with Crippen LogP contribution in [0.2, 0.25) is 0 Å². The van der Waals surface area contributed by atoms with Gasteiger partial charge in [0.15, 0.2) is 23.0 Å². The summed E-state index contributed by atoms with van der Waals surface area (Å²) in [6, 6.07) is 6.93. The van der Waals surface area contributed by atoms with Crippen molar-refractivity contribution in [1.29, 1.82) is 0 Å². The number of carboxylic acid groups (broad SMARTS) is 2. The van der Waals surface area contributed by atoms with E-state index in [-0.39, 0.29) is 28.7 Å². The Kier molecular flexibility index (Phi) is 6.06. The van der Waals surface area contributed by atoms with Gasteiger partial charge in [0.05, 0.1) is 7.11 Å². The highest BCUT2D eigenvalue weighted by Crippen LogP contribution is 2.42. The minimum atomic E-state index is -1.15. The Morgan fingerprint density at radius 1 is 0.852 bits per heavy atom. The van der Waals surface area contributed by atoms with Gasteiger partial charge in [0.2, 0.25) is 5.75 Å². The minimum Gasteiger partial charge on any atom is -0.504 e. The molecule has 2 rings (SSSR count). The maximum atomic E-state index is 10.7. The smallest absolute Gasteiger partial charge is 0.328 e. The summed E-state index contributed by atoms with van der Waals surface area (Å²) in [7, 11) is 1.32. The fourth-order valence-electron chi connectivity index (χ4n) is 2.10. The van der Waals surface area contributed by atoms with Crippen LogP contribution in [0.3, 0.4) is 0 Å². The number of benzene rings is 2. The van der Waals surface area contributed by atoms with Gasteiger partial charge in [-0.15, -0.1) is 0 Å². The highest BCUT2D eigenvalue weighted by atomic mass is 16.5. The third-order valence-corrected chi connectivity index (χ3v) is 3.32. The standard InChI is InChI=1S/C19H16O8/c1-26-15-9-12(4-7-18(23)24)10-16(19(15)25)27-14-8-11(2-5-13(14)20)3-6-17(21)22/h2-10,20,25H,1H3,(H,21,22)(H,23,24)/b6-3+,7-4+. The van der Waals surface area contributed by atoms with Crippen LogP contribution in [-0.4, -0.2) is 39.5 Å². The quantitative estimate of drug-likeness (QED) is 0.545. The monoisotopic (exact) mass is 372 g/mol. The van der Waals surface area contributed by atoms with Crippen LogP contribution >= 0.6 is 0 Å². The number of hydrogen-bond acceptors (Lipinski definition) is 6. The molecule has 0 radical (unpaired) electrons. The van der Waals surface area contributed by atoms with Crippen molar-refractivity contribution >= 4 is 24.1 Å².